The summed E-state index contributed by atoms with van der Waals surface area (Å²) in [5.74, 6) is 0.137. The number of amides is 1. The van der Waals surface area contributed by atoms with E-state index in [-0.39, 0.29) is 11.9 Å². The molecule has 4 nitrogen and oxygen atoms in total. The van der Waals surface area contributed by atoms with Gasteiger partial charge in [-0.3, -0.25) is 9.69 Å². The van der Waals surface area contributed by atoms with Crippen molar-refractivity contribution in [2.45, 2.75) is 38.3 Å². The van der Waals surface area contributed by atoms with E-state index in [0.29, 0.717) is 12.5 Å². The zero-order chi connectivity index (χ0) is 16.1. The first kappa shape index (κ1) is 16.3. The highest BCUT2D eigenvalue weighted by molar-refractivity contribution is 7.07. The van der Waals surface area contributed by atoms with Gasteiger partial charge in [-0.2, -0.15) is 11.3 Å². The van der Waals surface area contributed by atoms with Gasteiger partial charge in [-0.05, 0) is 60.5 Å². The van der Waals surface area contributed by atoms with Gasteiger partial charge in [-0.15, -0.1) is 0 Å². The molecule has 5 heteroatoms. The molecule has 1 fully saturated rings. The fourth-order valence-corrected chi connectivity index (χ4v) is 4.14. The Bertz CT molecular complexity index is 560. The van der Waals surface area contributed by atoms with Crippen LogP contribution in [0.1, 0.15) is 37.8 Å². The number of nitrogens with one attached hydrogen (secondary N) is 1. The Balaban J connectivity index is 1.58. The molecule has 0 unspecified atom stereocenters. The fraction of sp³-hybridized carbons (Fsp3) is 0.500. The second kappa shape index (κ2) is 7.79. The molecular weight excluding hydrogens is 306 g/mol. The summed E-state index contributed by atoms with van der Waals surface area (Å²) in [5, 5.41) is 7.36. The van der Waals surface area contributed by atoms with Crippen molar-refractivity contribution < 1.29 is 4.79 Å². The summed E-state index contributed by atoms with van der Waals surface area (Å²) >= 11 is 1.68. The van der Waals surface area contributed by atoms with E-state index in [4.69, 9.17) is 0 Å². The maximum absolute atomic E-state index is 12.5. The van der Waals surface area contributed by atoms with Crippen molar-refractivity contribution in [2.75, 3.05) is 19.6 Å². The van der Waals surface area contributed by atoms with Crippen molar-refractivity contribution >= 4 is 17.2 Å². The standard InChI is InChI=1S/C18H25N3OS/c1-2-20-10-5-6-16(20)13-19-18(22)12-17(15-7-11-23-14-15)21-8-3-4-9-21/h3-4,7-9,11,14,16-17H,2,5-6,10,12-13H2,1H3,(H,19,22)/t16-,17+/m1/s1. The van der Waals surface area contributed by atoms with Crippen LogP contribution < -0.4 is 5.32 Å². The van der Waals surface area contributed by atoms with Crippen molar-refractivity contribution in [1.29, 1.82) is 0 Å². The van der Waals surface area contributed by atoms with Gasteiger partial charge in [-0.1, -0.05) is 6.92 Å². The fourth-order valence-electron chi connectivity index (χ4n) is 3.44. The lowest BCUT2D eigenvalue weighted by Crippen LogP contribution is -2.40. The third-order valence-electron chi connectivity index (χ3n) is 4.73. The Morgan fingerprint density at radius 1 is 1.43 bits per heavy atom. The summed E-state index contributed by atoms with van der Waals surface area (Å²) in [6.45, 7) is 5.20. The van der Waals surface area contributed by atoms with Crippen molar-refractivity contribution in [3.63, 3.8) is 0 Å². The largest absolute Gasteiger partial charge is 0.354 e. The Labute approximate surface area is 142 Å². The minimum absolute atomic E-state index is 0.0853. The zero-order valence-corrected chi connectivity index (χ0v) is 14.5. The Morgan fingerprint density at radius 3 is 2.96 bits per heavy atom. The van der Waals surface area contributed by atoms with Gasteiger partial charge in [0.15, 0.2) is 0 Å². The maximum atomic E-state index is 12.5. The number of likely N-dealkylation sites (tertiary alicyclic amines) is 1. The van der Waals surface area contributed by atoms with Crippen molar-refractivity contribution in [1.82, 2.24) is 14.8 Å². The minimum atomic E-state index is 0.0853. The normalized spacial score (nSPS) is 19.8. The van der Waals surface area contributed by atoms with E-state index in [1.165, 1.54) is 18.4 Å². The van der Waals surface area contributed by atoms with Gasteiger partial charge in [0, 0.05) is 25.0 Å². The Morgan fingerprint density at radius 2 is 2.26 bits per heavy atom. The van der Waals surface area contributed by atoms with E-state index in [9.17, 15) is 4.79 Å². The van der Waals surface area contributed by atoms with Crippen molar-refractivity contribution in [3.05, 3.63) is 46.9 Å². The monoisotopic (exact) mass is 331 g/mol. The van der Waals surface area contributed by atoms with Crippen LogP contribution in [-0.2, 0) is 4.79 Å². The lowest BCUT2D eigenvalue weighted by Gasteiger charge is -2.24. The van der Waals surface area contributed by atoms with Crippen LogP contribution in [0.5, 0.6) is 0 Å². The molecule has 1 aliphatic rings. The first-order valence-corrected chi connectivity index (χ1v) is 9.37. The highest BCUT2D eigenvalue weighted by atomic mass is 32.1. The molecule has 0 aromatic carbocycles. The van der Waals surface area contributed by atoms with Gasteiger partial charge >= 0.3 is 0 Å². The number of carbonyl (C=O) groups is 1. The van der Waals surface area contributed by atoms with E-state index in [0.717, 1.165) is 19.6 Å². The molecule has 0 radical (unpaired) electrons. The van der Waals surface area contributed by atoms with Crippen molar-refractivity contribution in [3.8, 4) is 0 Å². The predicted octanol–water partition coefficient (Wildman–Crippen LogP) is 3.13. The first-order chi connectivity index (χ1) is 11.3. The molecule has 23 heavy (non-hydrogen) atoms. The summed E-state index contributed by atoms with van der Waals surface area (Å²) in [6, 6.07) is 6.72. The number of aromatic nitrogens is 1. The SMILES string of the molecule is CCN1CCC[C@@H]1CNC(=O)C[C@@H](c1ccsc1)n1cccc1. The van der Waals surface area contributed by atoms with Gasteiger partial charge in [0.2, 0.25) is 5.91 Å². The van der Waals surface area contributed by atoms with Gasteiger partial charge in [0.05, 0.1) is 12.5 Å². The van der Waals surface area contributed by atoms with Crippen LogP contribution in [0, 0.1) is 0 Å². The second-order valence-corrected chi connectivity index (χ2v) is 6.92. The van der Waals surface area contributed by atoms with Crippen LogP contribution in [0.25, 0.3) is 0 Å². The van der Waals surface area contributed by atoms with E-state index in [2.05, 4.69) is 38.5 Å². The molecule has 3 heterocycles. The molecule has 3 rings (SSSR count). The molecule has 0 aliphatic carbocycles. The number of hydrogen-bond donors (Lipinski definition) is 1. The molecule has 2 aromatic heterocycles. The summed E-state index contributed by atoms with van der Waals surface area (Å²) in [5.41, 5.74) is 1.21. The molecule has 0 bridgehead atoms. The average molecular weight is 331 g/mol. The molecule has 124 valence electrons. The molecule has 2 atom stereocenters. The minimum Gasteiger partial charge on any atom is -0.354 e. The van der Waals surface area contributed by atoms with Crippen LogP contribution in [0.15, 0.2) is 41.4 Å². The molecule has 1 N–H and O–H groups in total. The van der Waals surface area contributed by atoms with Crippen molar-refractivity contribution in [2.24, 2.45) is 0 Å². The zero-order valence-electron chi connectivity index (χ0n) is 13.6. The Kier molecular flexibility index (Phi) is 5.51. The van der Waals surface area contributed by atoms with Crippen LogP contribution in [0.2, 0.25) is 0 Å². The number of hydrogen-bond acceptors (Lipinski definition) is 3. The predicted molar refractivity (Wildman–Crippen MR) is 94.8 cm³/mol. The molecule has 1 amide bonds. The summed E-state index contributed by atoms with van der Waals surface area (Å²) < 4.78 is 2.12. The molecule has 2 aromatic rings. The van der Waals surface area contributed by atoms with Crippen LogP contribution >= 0.6 is 11.3 Å². The Hall–Kier alpha value is -1.59. The average Bonchev–Trinajstić information content (AvgIpc) is 3.33. The summed E-state index contributed by atoms with van der Waals surface area (Å²) in [6.07, 6.45) is 7.00. The number of carbonyl (C=O) groups excluding carboxylic acids is 1. The van der Waals surface area contributed by atoms with E-state index < -0.39 is 0 Å². The highest BCUT2D eigenvalue weighted by Gasteiger charge is 2.24. The van der Waals surface area contributed by atoms with E-state index in [1.54, 1.807) is 11.3 Å². The summed E-state index contributed by atoms with van der Waals surface area (Å²) in [4.78, 5) is 14.9. The maximum Gasteiger partial charge on any atom is 0.222 e. The van der Waals surface area contributed by atoms with E-state index in [1.807, 2.05) is 24.5 Å². The van der Waals surface area contributed by atoms with Crippen LogP contribution in [0.4, 0.5) is 0 Å². The van der Waals surface area contributed by atoms with Gasteiger partial charge in [0.1, 0.15) is 0 Å². The highest BCUT2D eigenvalue weighted by Crippen LogP contribution is 2.24. The molecule has 0 spiro atoms. The number of nitrogens with zero attached hydrogens (tertiary/aromatic N) is 2. The lowest BCUT2D eigenvalue weighted by atomic mass is 10.1. The van der Waals surface area contributed by atoms with Gasteiger partial charge < -0.3 is 9.88 Å². The third kappa shape index (κ3) is 4.03. The first-order valence-electron chi connectivity index (χ1n) is 8.43. The third-order valence-corrected chi connectivity index (χ3v) is 5.44. The van der Waals surface area contributed by atoms with Crippen LogP contribution in [0.3, 0.4) is 0 Å². The van der Waals surface area contributed by atoms with E-state index >= 15 is 0 Å². The van der Waals surface area contributed by atoms with Gasteiger partial charge in [0.25, 0.3) is 0 Å². The summed E-state index contributed by atoms with van der Waals surface area (Å²) in [7, 11) is 0. The van der Waals surface area contributed by atoms with Gasteiger partial charge in [-0.25, -0.2) is 0 Å². The lowest BCUT2D eigenvalue weighted by molar-refractivity contribution is -0.121. The molecular formula is C18H25N3OS. The smallest absolute Gasteiger partial charge is 0.222 e. The number of thiophene rings is 1. The molecule has 1 saturated heterocycles. The molecule has 0 saturated carbocycles. The van der Waals surface area contributed by atoms with Crippen LogP contribution in [-0.4, -0.2) is 41.1 Å². The quantitative estimate of drug-likeness (QED) is 0.846. The topological polar surface area (TPSA) is 37.3 Å². The number of rotatable bonds is 7. The number of likely N-dealkylation sites (N-methyl/N-ethyl adjacent to an activating group) is 1. The molecule has 1 aliphatic heterocycles. The second-order valence-electron chi connectivity index (χ2n) is 6.14.